The Bertz CT molecular complexity index is 3000. The molecule has 3 heterocycles. The summed E-state index contributed by atoms with van der Waals surface area (Å²) in [6.45, 7) is 0. The summed E-state index contributed by atoms with van der Waals surface area (Å²) in [7, 11) is 0. The van der Waals surface area contributed by atoms with Crippen molar-refractivity contribution in [1.82, 2.24) is 14.0 Å². The van der Waals surface area contributed by atoms with Gasteiger partial charge in [0.2, 0.25) is 0 Å². The fraction of sp³-hybridized carbons (Fsp3) is 0.0217. The molecule has 0 fully saturated rings. The van der Waals surface area contributed by atoms with Gasteiger partial charge in [0.1, 0.15) is 11.2 Å². The van der Waals surface area contributed by atoms with Gasteiger partial charge in [-0.3, -0.25) is 8.97 Å². The number of hydrogen-bond acceptors (Lipinski definition) is 1. The van der Waals surface area contributed by atoms with Crippen LogP contribution in [0.2, 0.25) is 0 Å². The van der Waals surface area contributed by atoms with Gasteiger partial charge in [0.15, 0.2) is 5.65 Å². The van der Waals surface area contributed by atoms with E-state index in [1.54, 1.807) is 0 Å². The molecule has 0 N–H and O–H groups in total. The number of nitrogens with zero attached hydrogens (tertiary/aromatic N) is 3. The van der Waals surface area contributed by atoms with E-state index in [0.29, 0.717) is 0 Å². The first-order valence-electron chi connectivity index (χ1n) is 17.0. The van der Waals surface area contributed by atoms with Gasteiger partial charge >= 0.3 is 0 Å². The summed E-state index contributed by atoms with van der Waals surface area (Å²) in [4.78, 5) is 5.53. The number of hydrogen-bond donors (Lipinski definition) is 0. The normalized spacial score (nSPS) is 13.9. The first kappa shape index (κ1) is 25.6. The number of imidazole rings is 1. The molecule has 0 unspecified atom stereocenters. The molecule has 0 aliphatic heterocycles. The maximum Gasteiger partial charge on any atom is 0.165 e. The van der Waals surface area contributed by atoms with Gasteiger partial charge in [0.25, 0.3) is 0 Å². The Kier molecular flexibility index (Phi) is 4.66. The third-order valence-corrected chi connectivity index (χ3v) is 11.3. The van der Waals surface area contributed by atoms with Crippen LogP contribution in [0.25, 0.3) is 77.3 Å². The topological polar surface area (TPSA) is 22.2 Å². The number of pyridine rings is 1. The lowest BCUT2D eigenvalue weighted by molar-refractivity contribution is 0.792. The molecule has 10 aromatic rings. The van der Waals surface area contributed by atoms with Crippen LogP contribution in [0.3, 0.4) is 0 Å². The maximum absolute atomic E-state index is 5.53. The lowest BCUT2D eigenvalue weighted by atomic mass is 9.70. The summed E-state index contributed by atoms with van der Waals surface area (Å²) in [6, 6.07) is 60.3. The summed E-state index contributed by atoms with van der Waals surface area (Å²) in [5, 5.41) is 4.82. The number of benzene rings is 7. The van der Waals surface area contributed by atoms with Crippen molar-refractivity contribution in [3.8, 4) is 27.9 Å². The molecule has 0 bridgehead atoms. The molecule has 0 amide bonds. The summed E-state index contributed by atoms with van der Waals surface area (Å²) < 4.78 is 4.78. The Morgan fingerprint density at radius 2 is 0.898 bits per heavy atom. The molecule has 7 aromatic carbocycles. The Morgan fingerprint density at radius 3 is 1.57 bits per heavy atom. The zero-order chi connectivity index (χ0) is 31.8. The minimum atomic E-state index is -0.400. The van der Waals surface area contributed by atoms with E-state index in [-0.39, 0.29) is 0 Å². The second-order valence-corrected chi connectivity index (χ2v) is 13.5. The third kappa shape index (κ3) is 2.95. The second kappa shape index (κ2) is 8.91. The highest BCUT2D eigenvalue weighted by Gasteiger charge is 2.51. The van der Waals surface area contributed by atoms with Gasteiger partial charge in [-0.15, -0.1) is 0 Å². The predicted molar refractivity (Wildman–Crippen MR) is 201 cm³/mol. The molecule has 0 radical (unpaired) electrons. The molecule has 0 saturated heterocycles. The Balaban J connectivity index is 1.23. The molecular weight excluding hydrogens is 595 g/mol. The van der Waals surface area contributed by atoms with Crippen molar-refractivity contribution in [2.24, 2.45) is 0 Å². The predicted octanol–water partition coefficient (Wildman–Crippen LogP) is 11.1. The lowest BCUT2D eigenvalue weighted by Gasteiger charge is -2.30. The molecular formula is C46H27N3. The molecule has 0 atom stereocenters. The summed E-state index contributed by atoms with van der Waals surface area (Å²) in [6.07, 6.45) is 0. The average molecular weight is 622 g/mol. The van der Waals surface area contributed by atoms with E-state index in [0.717, 1.165) is 33.4 Å². The highest BCUT2D eigenvalue weighted by molar-refractivity contribution is 6.17. The number of aromatic nitrogens is 3. The van der Waals surface area contributed by atoms with Crippen LogP contribution in [0.1, 0.15) is 22.3 Å². The fourth-order valence-electron chi connectivity index (χ4n) is 9.50. The highest BCUT2D eigenvalue weighted by Crippen LogP contribution is 2.63. The Labute approximate surface area is 281 Å². The van der Waals surface area contributed by atoms with Crippen molar-refractivity contribution in [3.05, 3.63) is 186 Å². The van der Waals surface area contributed by atoms with Gasteiger partial charge < -0.3 is 0 Å². The van der Waals surface area contributed by atoms with Crippen molar-refractivity contribution in [2.45, 2.75) is 5.41 Å². The molecule has 226 valence electrons. The van der Waals surface area contributed by atoms with Crippen molar-refractivity contribution in [3.63, 3.8) is 0 Å². The number of fused-ring (bicyclic) bond motifs is 20. The minimum absolute atomic E-state index is 0.400. The molecule has 3 nitrogen and oxygen atoms in total. The molecule has 0 saturated carbocycles. The summed E-state index contributed by atoms with van der Waals surface area (Å²) in [5.41, 5.74) is 16.8. The van der Waals surface area contributed by atoms with Crippen LogP contribution >= 0.6 is 0 Å². The largest absolute Gasteiger partial charge is 0.293 e. The van der Waals surface area contributed by atoms with E-state index in [1.807, 2.05) is 0 Å². The zero-order valence-electron chi connectivity index (χ0n) is 26.4. The third-order valence-electron chi connectivity index (χ3n) is 11.3. The van der Waals surface area contributed by atoms with Gasteiger partial charge in [-0.25, -0.2) is 4.98 Å². The Hall–Kier alpha value is -6.45. The minimum Gasteiger partial charge on any atom is -0.293 e. The first-order chi connectivity index (χ1) is 24.3. The quantitative estimate of drug-likeness (QED) is 0.167. The van der Waals surface area contributed by atoms with Crippen LogP contribution in [0.15, 0.2) is 164 Å². The van der Waals surface area contributed by atoms with E-state index in [1.165, 1.54) is 66.2 Å². The zero-order valence-corrected chi connectivity index (χ0v) is 26.4. The maximum atomic E-state index is 5.53. The molecule has 3 aromatic heterocycles. The molecule has 1 spiro atoms. The van der Waals surface area contributed by atoms with Crippen molar-refractivity contribution in [1.29, 1.82) is 0 Å². The van der Waals surface area contributed by atoms with Crippen LogP contribution in [-0.2, 0) is 5.41 Å². The van der Waals surface area contributed by atoms with Gasteiger partial charge in [0.05, 0.1) is 16.4 Å². The molecule has 2 aliphatic rings. The molecule has 12 rings (SSSR count). The van der Waals surface area contributed by atoms with E-state index in [9.17, 15) is 0 Å². The van der Waals surface area contributed by atoms with Crippen molar-refractivity contribution >= 4 is 49.4 Å². The second-order valence-electron chi connectivity index (χ2n) is 13.5. The van der Waals surface area contributed by atoms with E-state index < -0.39 is 5.41 Å². The lowest BCUT2D eigenvalue weighted by Crippen LogP contribution is -2.26. The summed E-state index contributed by atoms with van der Waals surface area (Å²) in [5.74, 6) is 0. The fourth-order valence-corrected chi connectivity index (χ4v) is 9.50. The van der Waals surface area contributed by atoms with Gasteiger partial charge in [-0.05, 0) is 74.2 Å². The van der Waals surface area contributed by atoms with Gasteiger partial charge in [0, 0.05) is 21.8 Å². The van der Waals surface area contributed by atoms with E-state index in [2.05, 4.69) is 173 Å². The molecule has 3 heteroatoms. The average Bonchev–Trinajstić information content (AvgIpc) is 3.88. The van der Waals surface area contributed by atoms with Crippen molar-refractivity contribution in [2.75, 3.05) is 0 Å². The van der Waals surface area contributed by atoms with Crippen LogP contribution < -0.4 is 0 Å². The SMILES string of the molecule is c1ccc2c(c1)-c1ccccc1C21c2ccccc2-c2ccc(-n3c4ccccc4c4c3nc3c5ccccc5c5ccccc5n34)cc21. The van der Waals surface area contributed by atoms with Gasteiger partial charge in [-0.1, -0.05) is 140 Å². The van der Waals surface area contributed by atoms with Crippen LogP contribution in [-0.4, -0.2) is 14.0 Å². The Morgan fingerprint density at radius 1 is 0.388 bits per heavy atom. The summed E-state index contributed by atoms with van der Waals surface area (Å²) >= 11 is 0. The van der Waals surface area contributed by atoms with Crippen molar-refractivity contribution < 1.29 is 0 Å². The first-order valence-corrected chi connectivity index (χ1v) is 17.0. The monoisotopic (exact) mass is 621 g/mol. The number of para-hydroxylation sites is 2. The molecule has 2 aliphatic carbocycles. The number of rotatable bonds is 1. The molecule has 49 heavy (non-hydrogen) atoms. The smallest absolute Gasteiger partial charge is 0.165 e. The standard InChI is InChI=1S/C46H27N3/c1-2-18-35-29(13-1)34-17-6-11-23-41(34)49-43-36-19-7-12-24-42(36)48(45(43)47-44(35)49)28-25-26-33-32-16-5-10-22-39(32)46(40(33)27-28)37-20-8-3-14-30(37)31-15-4-9-21-38(31)46/h1-27H. The van der Waals surface area contributed by atoms with Gasteiger partial charge in [-0.2, -0.15) is 0 Å². The van der Waals surface area contributed by atoms with Crippen LogP contribution in [0, 0.1) is 0 Å². The van der Waals surface area contributed by atoms with Crippen LogP contribution in [0.4, 0.5) is 0 Å². The highest BCUT2D eigenvalue weighted by atomic mass is 15.1. The van der Waals surface area contributed by atoms with E-state index >= 15 is 0 Å². The van der Waals surface area contributed by atoms with E-state index in [4.69, 9.17) is 4.98 Å². The van der Waals surface area contributed by atoms with Crippen LogP contribution in [0.5, 0.6) is 0 Å².